The van der Waals surface area contributed by atoms with Crippen molar-refractivity contribution in [2.45, 2.75) is 0 Å². The van der Waals surface area contributed by atoms with E-state index in [0.717, 1.165) is 5.56 Å². The summed E-state index contributed by atoms with van der Waals surface area (Å²) in [5, 5.41) is 6.58. The zero-order chi connectivity index (χ0) is 16.7. The van der Waals surface area contributed by atoms with Crippen LogP contribution in [-0.2, 0) is 4.79 Å². The molecule has 7 heteroatoms. The van der Waals surface area contributed by atoms with Crippen molar-refractivity contribution >= 4 is 29.4 Å². The van der Waals surface area contributed by atoms with E-state index in [9.17, 15) is 4.79 Å². The quantitative estimate of drug-likeness (QED) is 0.483. The van der Waals surface area contributed by atoms with Gasteiger partial charge in [0.05, 0.1) is 24.0 Å². The van der Waals surface area contributed by atoms with Crippen LogP contribution in [0, 0.1) is 0 Å². The fourth-order valence-corrected chi connectivity index (χ4v) is 2.04. The molecule has 1 amide bonds. The minimum Gasteiger partial charge on any atom is -0.493 e. The van der Waals surface area contributed by atoms with E-state index in [2.05, 4.69) is 10.4 Å². The maximum absolute atomic E-state index is 11.9. The van der Waals surface area contributed by atoms with Gasteiger partial charge in [-0.1, -0.05) is 23.7 Å². The molecule has 6 nitrogen and oxygen atoms in total. The summed E-state index contributed by atoms with van der Waals surface area (Å²) in [5.74, 6) is 5.70. The third-order valence-electron chi connectivity index (χ3n) is 2.92. The molecule has 0 fully saturated rings. The molecule has 0 saturated heterocycles. The first kappa shape index (κ1) is 16.6. The molecule has 0 atom stereocenters. The molecule has 2 rings (SSSR count). The van der Waals surface area contributed by atoms with Crippen molar-refractivity contribution in [3.8, 4) is 11.5 Å². The van der Waals surface area contributed by atoms with Gasteiger partial charge < -0.3 is 20.6 Å². The topological polar surface area (TPSA) is 85.9 Å². The molecule has 0 spiro atoms. The van der Waals surface area contributed by atoms with Gasteiger partial charge in [-0.2, -0.15) is 5.10 Å². The number of hydrogen-bond acceptors (Lipinski definition) is 5. The second-order valence-electron chi connectivity index (χ2n) is 4.51. The number of benzene rings is 2. The van der Waals surface area contributed by atoms with Gasteiger partial charge in [-0.3, -0.25) is 4.79 Å². The van der Waals surface area contributed by atoms with Crippen LogP contribution in [0.2, 0.25) is 5.02 Å². The highest BCUT2D eigenvalue weighted by atomic mass is 35.5. The number of nitrogens with one attached hydrogen (secondary N) is 1. The van der Waals surface area contributed by atoms with Gasteiger partial charge in [0.1, 0.15) is 0 Å². The number of para-hydroxylation sites is 1. The highest BCUT2D eigenvalue weighted by molar-refractivity contribution is 6.33. The van der Waals surface area contributed by atoms with E-state index >= 15 is 0 Å². The summed E-state index contributed by atoms with van der Waals surface area (Å²) in [5.41, 5.74) is 1.29. The molecule has 0 bridgehead atoms. The Bertz CT molecular complexity index is 719. The predicted octanol–water partition coefficient (Wildman–Crippen LogP) is 2.66. The standard InChI is InChI=1S/C16H16ClN3O3/c1-22-15-8-11(9-19-18)6-7-14(15)23-10-16(21)20-13-5-3-2-4-12(13)17/h2-9H,10,18H2,1H3,(H,20,21). The molecule has 0 aliphatic heterocycles. The van der Waals surface area contributed by atoms with Gasteiger partial charge in [0.15, 0.2) is 18.1 Å². The average molecular weight is 334 g/mol. The average Bonchev–Trinajstić information content (AvgIpc) is 2.56. The van der Waals surface area contributed by atoms with Gasteiger partial charge in [0, 0.05) is 0 Å². The minimum atomic E-state index is -0.326. The number of halogens is 1. The molecule has 120 valence electrons. The molecule has 3 N–H and O–H groups in total. The van der Waals surface area contributed by atoms with E-state index in [1.54, 1.807) is 42.5 Å². The lowest BCUT2D eigenvalue weighted by atomic mass is 10.2. The first-order valence-corrected chi connectivity index (χ1v) is 7.10. The fraction of sp³-hybridized carbons (Fsp3) is 0.125. The number of rotatable bonds is 6. The van der Waals surface area contributed by atoms with E-state index in [1.165, 1.54) is 13.3 Å². The molecule has 0 aliphatic carbocycles. The summed E-state index contributed by atoms with van der Waals surface area (Å²) in [6.07, 6.45) is 1.48. The van der Waals surface area contributed by atoms with Crippen LogP contribution in [0.15, 0.2) is 47.6 Å². The second kappa shape index (κ2) is 8.05. The Kier molecular flexibility index (Phi) is 5.82. The highest BCUT2D eigenvalue weighted by Gasteiger charge is 2.09. The van der Waals surface area contributed by atoms with E-state index in [4.69, 9.17) is 26.9 Å². The molecule has 2 aromatic rings. The van der Waals surface area contributed by atoms with Crippen molar-refractivity contribution in [3.63, 3.8) is 0 Å². The van der Waals surface area contributed by atoms with Crippen molar-refractivity contribution in [2.24, 2.45) is 10.9 Å². The summed E-state index contributed by atoms with van der Waals surface area (Å²) < 4.78 is 10.7. The van der Waals surface area contributed by atoms with E-state index in [-0.39, 0.29) is 12.5 Å². The number of anilines is 1. The summed E-state index contributed by atoms with van der Waals surface area (Å²) in [7, 11) is 1.51. The number of carbonyl (C=O) groups excluding carboxylic acids is 1. The molecule has 0 heterocycles. The van der Waals surface area contributed by atoms with Gasteiger partial charge in [-0.25, -0.2) is 0 Å². The number of hydrogen-bond donors (Lipinski definition) is 2. The molecule has 2 aromatic carbocycles. The number of carbonyl (C=O) groups is 1. The Labute approximate surface area is 138 Å². The number of methoxy groups -OCH3 is 1. The molecule has 0 radical (unpaired) electrons. The molecule has 0 aromatic heterocycles. The number of amides is 1. The SMILES string of the molecule is COc1cc(C=NN)ccc1OCC(=O)Nc1ccccc1Cl. The summed E-state index contributed by atoms with van der Waals surface area (Å²) >= 11 is 5.98. The maximum Gasteiger partial charge on any atom is 0.262 e. The van der Waals surface area contributed by atoms with Crippen LogP contribution in [0.1, 0.15) is 5.56 Å². The first-order chi connectivity index (χ1) is 11.1. The maximum atomic E-state index is 11.9. The molecular formula is C16H16ClN3O3. The minimum absolute atomic E-state index is 0.175. The van der Waals surface area contributed by atoms with Crippen LogP contribution in [0.3, 0.4) is 0 Å². The van der Waals surface area contributed by atoms with Crippen molar-refractivity contribution in [1.82, 2.24) is 0 Å². The van der Waals surface area contributed by atoms with Crippen LogP contribution in [0.5, 0.6) is 11.5 Å². The lowest BCUT2D eigenvalue weighted by Gasteiger charge is -2.12. The summed E-state index contributed by atoms with van der Waals surface area (Å²) in [6, 6.07) is 12.1. The van der Waals surface area contributed by atoms with E-state index in [0.29, 0.717) is 22.2 Å². The van der Waals surface area contributed by atoms with Crippen LogP contribution in [0.25, 0.3) is 0 Å². The van der Waals surface area contributed by atoms with Gasteiger partial charge >= 0.3 is 0 Å². The van der Waals surface area contributed by atoms with Gasteiger partial charge in [0.2, 0.25) is 0 Å². The van der Waals surface area contributed by atoms with E-state index < -0.39 is 0 Å². The third kappa shape index (κ3) is 4.62. The number of hydrazone groups is 1. The van der Waals surface area contributed by atoms with Crippen molar-refractivity contribution in [2.75, 3.05) is 19.0 Å². The number of nitrogens with zero attached hydrogens (tertiary/aromatic N) is 1. The van der Waals surface area contributed by atoms with E-state index in [1.807, 2.05) is 0 Å². The normalized spacial score (nSPS) is 10.5. The summed E-state index contributed by atoms with van der Waals surface area (Å²) in [6.45, 7) is -0.175. The van der Waals surface area contributed by atoms with Crippen molar-refractivity contribution in [1.29, 1.82) is 0 Å². The monoisotopic (exact) mass is 333 g/mol. The van der Waals surface area contributed by atoms with Crippen LogP contribution >= 0.6 is 11.6 Å². The highest BCUT2D eigenvalue weighted by Crippen LogP contribution is 2.27. The smallest absolute Gasteiger partial charge is 0.262 e. The Balaban J connectivity index is 2.00. The van der Waals surface area contributed by atoms with Gasteiger partial charge in [-0.15, -0.1) is 0 Å². The lowest BCUT2D eigenvalue weighted by molar-refractivity contribution is -0.118. The predicted molar refractivity (Wildman–Crippen MR) is 90.4 cm³/mol. The van der Waals surface area contributed by atoms with Crippen molar-refractivity contribution in [3.05, 3.63) is 53.1 Å². The molecule has 0 aliphatic rings. The Hall–Kier alpha value is -2.73. The number of nitrogens with two attached hydrogens (primary N) is 1. The Morgan fingerprint density at radius 1 is 1.30 bits per heavy atom. The zero-order valence-corrected chi connectivity index (χ0v) is 13.2. The second-order valence-corrected chi connectivity index (χ2v) is 4.91. The largest absolute Gasteiger partial charge is 0.493 e. The zero-order valence-electron chi connectivity index (χ0n) is 12.5. The molecule has 0 saturated carbocycles. The molecular weight excluding hydrogens is 318 g/mol. The fourth-order valence-electron chi connectivity index (χ4n) is 1.86. The van der Waals surface area contributed by atoms with Crippen LogP contribution in [0.4, 0.5) is 5.69 Å². The summed E-state index contributed by atoms with van der Waals surface area (Å²) in [4.78, 5) is 11.9. The number of ether oxygens (including phenoxy) is 2. The Morgan fingerprint density at radius 2 is 2.09 bits per heavy atom. The molecule has 0 unspecified atom stereocenters. The van der Waals surface area contributed by atoms with Crippen molar-refractivity contribution < 1.29 is 14.3 Å². The van der Waals surface area contributed by atoms with Crippen LogP contribution < -0.4 is 20.6 Å². The van der Waals surface area contributed by atoms with Gasteiger partial charge in [0.25, 0.3) is 5.91 Å². The Morgan fingerprint density at radius 3 is 2.78 bits per heavy atom. The van der Waals surface area contributed by atoms with Crippen LogP contribution in [-0.4, -0.2) is 25.8 Å². The molecule has 23 heavy (non-hydrogen) atoms. The lowest BCUT2D eigenvalue weighted by Crippen LogP contribution is -2.20. The van der Waals surface area contributed by atoms with Gasteiger partial charge in [-0.05, 0) is 35.9 Å². The third-order valence-corrected chi connectivity index (χ3v) is 3.25. The first-order valence-electron chi connectivity index (χ1n) is 6.72.